The first-order valence-corrected chi connectivity index (χ1v) is 42.8. The first-order valence-electron chi connectivity index (χ1n) is 42.1. The number of ether oxygens (including phenoxy) is 1. The topological polar surface area (TPSA) is 427 Å². The summed E-state index contributed by atoms with van der Waals surface area (Å²) in [6, 6.07) is 87.5. The number of benzene rings is 10. The van der Waals surface area contributed by atoms with Crippen molar-refractivity contribution in [1.29, 1.82) is 0 Å². The van der Waals surface area contributed by atoms with E-state index in [0.29, 0.717) is 67.8 Å². The number of aromatic nitrogens is 10. The number of aryl methyl sites for hydroxylation is 4. The monoisotopic (exact) mass is 1850 g/mol. The van der Waals surface area contributed by atoms with Crippen molar-refractivity contribution in [1.82, 2.24) is 49.8 Å². The number of para-hydroxylation sites is 2. The fourth-order valence-electron chi connectivity index (χ4n) is 12.3. The molecule has 0 saturated heterocycles. The molecule has 0 spiro atoms. The molecule has 0 saturated carbocycles. The van der Waals surface area contributed by atoms with Crippen LogP contribution in [0.2, 0.25) is 10.3 Å². The molecule has 684 valence electrons. The van der Waals surface area contributed by atoms with Crippen LogP contribution < -0.4 is 68.8 Å². The van der Waals surface area contributed by atoms with Crippen LogP contribution in [-0.2, 0) is 10.8 Å². The van der Waals surface area contributed by atoms with E-state index in [1.54, 1.807) is 147 Å². The Morgan fingerprint density at radius 1 is 0.289 bits per heavy atom. The number of carbonyl (C=O) groups is 8. The number of nitrogens with zero attached hydrogens (tertiary/aromatic N) is 9. The van der Waals surface area contributed by atoms with Crippen molar-refractivity contribution < 1.29 is 43.1 Å². The van der Waals surface area contributed by atoms with Gasteiger partial charge in [0.2, 0.25) is 35.6 Å². The van der Waals surface area contributed by atoms with E-state index in [9.17, 15) is 43.2 Å². The summed E-state index contributed by atoms with van der Waals surface area (Å²) in [6.45, 7) is 20.2. The zero-order valence-electron chi connectivity index (χ0n) is 75.7. The van der Waals surface area contributed by atoms with Crippen LogP contribution in [-0.4, -0.2) is 111 Å². The molecule has 0 bridgehead atoms. The predicted molar refractivity (Wildman–Crippen MR) is 530 cm³/mol. The van der Waals surface area contributed by atoms with Gasteiger partial charge in [0.15, 0.2) is 0 Å². The molecule has 0 aliphatic rings. The van der Waals surface area contributed by atoms with Gasteiger partial charge in [-0.1, -0.05) is 233 Å². The van der Waals surface area contributed by atoms with E-state index in [4.69, 9.17) is 27.9 Å². The molecule has 0 aliphatic heterocycles. The largest absolute Gasteiger partial charge is 0.481 e. The lowest BCUT2D eigenvalue weighted by Gasteiger charge is -2.19. The van der Waals surface area contributed by atoms with Crippen LogP contribution in [0.1, 0.15) is 158 Å². The lowest BCUT2D eigenvalue weighted by molar-refractivity contribution is 0.101. The normalized spacial score (nSPS) is 10.6. The number of anilines is 13. The van der Waals surface area contributed by atoms with Gasteiger partial charge in [0.25, 0.3) is 52.8 Å². The Labute approximate surface area is 789 Å². The predicted octanol–water partition coefficient (Wildman–Crippen LogP) is 20.4. The smallest absolute Gasteiger partial charge is 0.258 e. The lowest BCUT2D eigenvalue weighted by Crippen LogP contribution is -2.21. The zero-order valence-corrected chi connectivity index (χ0v) is 77.2. The van der Waals surface area contributed by atoms with Crippen molar-refractivity contribution >= 4 is 146 Å². The molecule has 15 rings (SSSR count). The number of halogens is 2. The molecule has 0 radical (unpaired) electrons. The Hall–Kier alpha value is -17.1. The van der Waals surface area contributed by atoms with Crippen molar-refractivity contribution in [2.24, 2.45) is 0 Å². The maximum absolute atomic E-state index is 12.6. The number of H-pyrrole nitrogens is 1. The molecule has 31 nitrogen and oxygen atoms in total. The van der Waals surface area contributed by atoms with Gasteiger partial charge in [-0.05, 0) is 171 Å². The van der Waals surface area contributed by atoms with Crippen molar-refractivity contribution in [2.45, 2.75) is 80.1 Å². The Morgan fingerprint density at radius 3 is 0.933 bits per heavy atom. The third-order valence-corrected chi connectivity index (χ3v) is 19.6. The minimum Gasteiger partial charge on any atom is -0.481 e. The molecule has 0 aliphatic carbocycles. The van der Waals surface area contributed by atoms with Gasteiger partial charge in [0.1, 0.15) is 45.2 Å². The van der Waals surface area contributed by atoms with E-state index in [0.717, 1.165) is 50.8 Å². The van der Waals surface area contributed by atoms with Crippen LogP contribution in [0.25, 0.3) is 0 Å². The van der Waals surface area contributed by atoms with E-state index < -0.39 is 17.4 Å². The van der Waals surface area contributed by atoms with Gasteiger partial charge >= 0.3 is 0 Å². The van der Waals surface area contributed by atoms with Crippen molar-refractivity contribution in [3.05, 3.63) is 396 Å². The highest BCUT2D eigenvalue weighted by Gasteiger charge is 2.22. The highest BCUT2D eigenvalue weighted by Crippen LogP contribution is 2.28. The van der Waals surface area contributed by atoms with Gasteiger partial charge in [0, 0.05) is 93.3 Å². The molecule has 10 aromatic carbocycles. The highest BCUT2D eigenvalue weighted by atomic mass is 35.5. The van der Waals surface area contributed by atoms with Crippen LogP contribution in [0, 0.1) is 27.7 Å². The average Bonchev–Trinajstić information content (AvgIpc) is 0.811. The first kappa shape index (κ1) is 98.5. The molecule has 12 N–H and O–H groups in total. The zero-order chi connectivity index (χ0) is 96.7. The fourth-order valence-corrected chi connectivity index (χ4v) is 12.7. The number of hydrogen-bond donors (Lipinski definition) is 12. The number of methoxy groups -OCH3 is 1. The van der Waals surface area contributed by atoms with Gasteiger partial charge in [-0.15, -0.1) is 0 Å². The third kappa shape index (κ3) is 31.1. The van der Waals surface area contributed by atoms with Gasteiger partial charge in [-0.3, -0.25) is 74.7 Å². The third-order valence-electron chi connectivity index (χ3n) is 19.2. The molecule has 0 fully saturated rings. The summed E-state index contributed by atoms with van der Waals surface area (Å²) >= 11 is 12.0. The summed E-state index contributed by atoms with van der Waals surface area (Å²) < 4.78 is 5.20. The molecule has 135 heavy (non-hydrogen) atoms. The van der Waals surface area contributed by atoms with Gasteiger partial charge in [-0.25, -0.2) is 9.97 Å². The van der Waals surface area contributed by atoms with Crippen LogP contribution in [0.3, 0.4) is 0 Å². The Balaban J connectivity index is 0.000000163. The van der Waals surface area contributed by atoms with Crippen LogP contribution >= 0.6 is 23.2 Å². The van der Waals surface area contributed by atoms with E-state index in [1.807, 2.05) is 167 Å². The minimum absolute atomic E-state index is 0.00437. The summed E-state index contributed by atoms with van der Waals surface area (Å²) in [7, 11) is 3.28. The van der Waals surface area contributed by atoms with E-state index in [-0.39, 0.29) is 104 Å². The van der Waals surface area contributed by atoms with E-state index >= 15 is 0 Å². The number of rotatable bonds is 22. The summed E-state index contributed by atoms with van der Waals surface area (Å²) in [6.07, 6.45) is 0. The van der Waals surface area contributed by atoms with Crippen LogP contribution in [0.5, 0.6) is 5.88 Å². The lowest BCUT2D eigenvalue weighted by atomic mass is 9.86. The molecule has 8 amide bonds. The fraction of sp³-hybridized carbons (Fsp3) is 0.137. The van der Waals surface area contributed by atoms with Crippen molar-refractivity contribution in [3.63, 3.8) is 0 Å². The molecule has 0 unspecified atom stereocenters. The second kappa shape index (κ2) is 47.0. The van der Waals surface area contributed by atoms with E-state index in [1.165, 1.54) is 19.2 Å². The van der Waals surface area contributed by atoms with Crippen LogP contribution in [0.4, 0.5) is 76.0 Å². The minimum atomic E-state index is -0.498. The Morgan fingerprint density at radius 2 is 0.578 bits per heavy atom. The summed E-state index contributed by atoms with van der Waals surface area (Å²) in [5, 5.41) is 30.6. The second-order valence-electron chi connectivity index (χ2n) is 32.1. The molecular weight excluding hydrogens is 1750 g/mol. The van der Waals surface area contributed by atoms with Gasteiger partial charge in [0.05, 0.1) is 7.11 Å². The number of aromatic amines is 1. The Kier molecular flexibility index (Phi) is 34.3. The summed E-state index contributed by atoms with van der Waals surface area (Å²) in [5.74, 6) is 0.128. The van der Waals surface area contributed by atoms with Crippen molar-refractivity contribution in [2.75, 3.05) is 72.6 Å². The van der Waals surface area contributed by atoms with Crippen LogP contribution in [0.15, 0.2) is 302 Å². The maximum atomic E-state index is 12.6. The van der Waals surface area contributed by atoms with Gasteiger partial charge < -0.3 is 36.6 Å². The SMILES string of the molecule is CC(C)(C)c1ccc(C(=O)Nc2cc(=O)[nH]c(NC(=O)c3ccc(C(C)(C)C)cc3)n2)cc1.CNc1cc(Nc2ccccc2)nc(NC(=O)c2cccc(C)c2)n1.COc1cc(Nc2ccccc2)nc(NC(=O)c2cccc(C)c2)n1.Cc1cccc(C(=O)Nc2cc(Cl)nc(NC(=O)c3cccc(C)c3)n2)c1.O=C(Nc1cc(Cl)nc(NC(=O)c2ccccc2)n1)c1ccccc1. The summed E-state index contributed by atoms with van der Waals surface area (Å²) in [5.41, 5.74) is 11.3. The van der Waals surface area contributed by atoms with Crippen molar-refractivity contribution in [3.8, 4) is 5.88 Å². The average molecular weight is 1850 g/mol. The number of nitrogens with one attached hydrogen (secondary N) is 12. The van der Waals surface area contributed by atoms with E-state index in [2.05, 4.69) is 150 Å². The molecule has 5 heterocycles. The maximum Gasteiger partial charge on any atom is 0.258 e. The molecule has 5 aromatic heterocycles. The standard InChI is InChI=1S/C26H30N4O3.C20H17ClN4O2.C19H19N5O.C19H18N4O2.C18H13ClN4O2/c1-25(2,3)18-11-7-16(8-12-18)22(32)27-20-15-21(31)29-24(28-20)30-23(33)17-9-13-19(14-10-17)26(4,5)6;1-12-5-3-7-14(9-12)18(26)23-17-11-16(21)22-20(24-17)25-19(27)15-8-4-6-13(2)10-15;1-13-7-6-8-14(11-13)18(25)24-19-22-16(20-2)12-17(23-19)21-15-9-4-3-5-10-15;1-13-7-6-8-14(11-13)18(24)23-19-21-16(12-17(22-19)25-2)20-15-9-4-3-5-10-15;19-14-11-15(21-16(24)12-7-3-1-4-8-12)22-18(20-14)23-17(25)13-9-5-2-6-10-13/h7-15H,1-6H3,(H3,27,28,29,30,31,32,33);3-11H,1-2H3,(H2,22,23,24,25,26,27);3-12H,1-2H3,(H3,20,21,22,23,24,25);3-12H,1-2H3,(H2,20,21,22,23,24);1-11H,(H2,20,21,22,23,24,25). The number of hydrogen-bond acceptors (Lipinski definition) is 22. The molecule has 15 aromatic rings. The number of amides is 8. The second-order valence-corrected chi connectivity index (χ2v) is 32.9. The first-order chi connectivity index (χ1) is 64.6. The number of carbonyl (C=O) groups excluding carboxylic acids is 8. The molecule has 0 atom stereocenters. The Bertz CT molecular complexity index is 6380. The molecular formula is C102H97Cl2N21O10. The van der Waals surface area contributed by atoms with Gasteiger partial charge in [-0.2, -0.15) is 34.9 Å². The summed E-state index contributed by atoms with van der Waals surface area (Å²) in [4.78, 5) is 151. The quantitative estimate of drug-likeness (QED) is 0.0280. The molecule has 33 heteroatoms. The highest BCUT2D eigenvalue weighted by molar-refractivity contribution is 6.30.